The van der Waals surface area contributed by atoms with E-state index in [2.05, 4.69) is 0 Å². The number of hydrogen-bond donors (Lipinski definition) is 2. The summed E-state index contributed by atoms with van der Waals surface area (Å²) < 4.78 is -1.71. The molecule has 0 fully saturated rings. The third-order valence-corrected chi connectivity index (χ3v) is 2.25. The zero-order chi connectivity index (χ0) is 10.9. The molecule has 1 rings (SSSR count). The molecular weight excluding hydrogens is 248 g/mol. The highest BCUT2D eigenvalue weighted by molar-refractivity contribution is 6.67. The number of rotatable bonds is 1. The van der Waals surface area contributed by atoms with Gasteiger partial charge in [0.2, 0.25) is 3.79 Å². The second-order valence-corrected chi connectivity index (χ2v) is 4.85. The predicted molar refractivity (Wildman–Crippen MR) is 57.1 cm³/mol. The first-order valence-corrected chi connectivity index (χ1v) is 4.66. The van der Waals surface area contributed by atoms with Gasteiger partial charge in [0.1, 0.15) is 0 Å². The average Bonchev–Trinajstić information content (AvgIpc) is 2.01. The molecule has 0 aliphatic heterocycles. The molecule has 0 heterocycles. The van der Waals surface area contributed by atoms with Crippen LogP contribution in [0.4, 0.5) is 5.69 Å². The van der Waals surface area contributed by atoms with Crippen LogP contribution in [0.25, 0.3) is 0 Å². The van der Waals surface area contributed by atoms with Crippen LogP contribution in [0.5, 0.6) is 0 Å². The molecule has 3 N–H and O–H groups in total. The van der Waals surface area contributed by atoms with E-state index in [1.165, 1.54) is 18.2 Å². The maximum atomic E-state index is 10.7. The SMILES string of the molecule is Nc1c(C(=O)O)cccc1C(Cl)(Cl)Cl. The van der Waals surface area contributed by atoms with Crippen LogP contribution in [-0.2, 0) is 3.79 Å². The van der Waals surface area contributed by atoms with Crippen molar-refractivity contribution in [3.63, 3.8) is 0 Å². The largest absolute Gasteiger partial charge is 0.478 e. The van der Waals surface area contributed by atoms with Gasteiger partial charge in [-0.2, -0.15) is 0 Å². The van der Waals surface area contributed by atoms with E-state index in [0.717, 1.165) is 0 Å². The van der Waals surface area contributed by atoms with Gasteiger partial charge in [0.25, 0.3) is 0 Å². The van der Waals surface area contributed by atoms with Crippen molar-refractivity contribution in [2.75, 3.05) is 5.73 Å². The van der Waals surface area contributed by atoms with E-state index in [1.807, 2.05) is 0 Å². The van der Waals surface area contributed by atoms with E-state index in [1.54, 1.807) is 0 Å². The Morgan fingerprint density at radius 2 is 1.93 bits per heavy atom. The first-order chi connectivity index (χ1) is 6.34. The minimum atomic E-state index is -1.71. The van der Waals surface area contributed by atoms with Gasteiger partial charge in [0, 0.05) is 5.56 Å². The number of carboxylic acids is 1. The lowest BCUT2D eigenvalue weighted by Gasteiger charge is -2.14. The van der Waals surface area contributed by atoms with Crippen molar-refractivity contribution in [2.45, 2.75) is 3.79 Å². The van der Waals surface area contributed by atoms with E-state index >= 15 is 0 Å². The number of halogens is 3. The molecule has 0 bridgehead atoms. The van der Waals surface area contributed by atoms with Crippen LogP contribution in [0.1, 0.15) is 15.9 Å². The number of anilines is 1. The minimum absolute atomic E-state index is 0.0278. The quantitative estimate of drug-likeness (QED) is 0.598. The van der Waals surface area contributed by atoms with Gasteiger partial charge >= 0.3 is 5.97 Å². The number of hydrogen-bond acceptors (Lipinski definition) is 2. The summed E-state index contributed by atoms with van der Waals surface area (Å²) in [5, 5.41) is 8.75. The number of carbonyl (C=O) groups is 1. The van der Waals surface area contributed by atoms with E-state index in [0.29, 0.717) is 0 Å². The highest BCUT2D eigenvalue weighted by atomic mass is 35.6. The van der Waals surface area contributed by atoms with Gasteiger partial charge < -0.3 is 10.8 Å². The Balaban J connectivity index is 3.35. The number of aromatic carboxylic acids is 1. The third kappa shape index (κ3) is 2.23. The summed E-state index contributed by atoms with van der Waals surface area (Å²) in [6.07, 6.45) is 0. The molecule has 1 aromatic rings. The van der Waals surface area contributed by atoms with Crippen LogP contribution < -0.4 is 5.73 Å². The molecule has 0 amide bonds. The smallest absolute Gasteiger partial charge is 0.337 e. The Labute approximate surface area is 95.4 Å². The Kier molecular flexibility index (Phi) is 3.14. The van der Waals surface area contributed by atoms with Crippen molar-refractivity contribution in [1.82, 2.24) is 0 Å². The van der Waals surface area contributed by atoms with E-state index in [-0.39, 0.29) is 16.8 Å². The van der Waals surface area contributed by atoms with Crippen LogP contribution in [0.2, 0.25) is 0 Å². The molecule has 6 heteroatoms. The Morgan fingerprint density at radius 1 is 1.36 bits per heavy atom. The second kappa shape index (κ2) is 3.85. The van der Waals surface area contributed by atoms with Gasteiger partial charge in [-0.25, -0.2) is 4.79 Å². The predicted octanol–water partition coefficient (Wildman–Crippen LogP) is 2.79. The molecule has 14 heavy (non-hydrogen) atoms. The van der Waals surface area contributed by atoms with Crippen LogP contribution in [-0.4, -0.2) is 11.1 Å². The summed E-state index contributed by atoms with van der Waals surface area (Å²) in [5.41, 5.74) is 5.60. The summed E-state index contributed by atoms with van der Waals surface area (Å²) in [6, 6.07) is 4.28. The fourth-order valence-electron chi connectivity index (χ4n) is 0.999. The Morgan fingerprint density at radius 3 is 2.36 bits per heavy atom. The van der Waals surface area contributed by atoms with Gasteiger partial charge in [-0.15, -0.1) is 0 Å². The van der Waals surface area contributed by atoms with Crippen molar-refractivity contribution in [2.24, 2.45) is 0 Å². The summed E-state index contributed by atoms with van der Waals surface area (Å²) in [7, 11) is 0. The molecule has 0 spiro atoms. The standard InChI is InChI=1S/C8H6Cl3NO2/c9-8(10,11)5-3-1-2-4(6(5)12)7(13)14/h1-3H,12H2,(H,13,14). The van der Waals surface area contributed by atoms with Crippen molar-refractivity contribution in [1.29, 1.82) is 0 Å². The van der Waals surface area contributed by atoms with Crippen LogP contribution in [0.3, 0.4) is 0 Å². The van der Waals surface area contributed by atoms with E-state index in [4.69, 9.17) is 45.6 Å². The molecule has 0 saturated carbocycles. The van der Waals surface area contributed by atoms with Crippen molar-refractivity contribution in [3.05, 3.63) is 29.3 Å². The highest BCUT2D eigenvalue weighted by Gasteiger charge is 2.27. The molecule has 0 aliphatic carbocycles. The maximum absolute atomic E-state index is 10.7. The fraction of sp³-hybridized carbons (Fsp3) is 0.125. The number of nitrogens with two attached hydrogens (primary N) is 1. The Bertz CT molecular complexity index is 373. The van der Waals surface area contributed by atoms with Crippen molar-refractivity contribution >= 4 is 46.5 Å². The lowest BCUT2D eigenvalue weighted by atomic mass is 10.1. The molecule has 0 aromatic heterocycles. The molecule has 0 unspecified atom stereocenters. The molecule has 0 saturated heterocycles. The number of nitrogen functional groups attached to an aromatic ring is 1. The molecule has 0 aliphatic rings. The fourth-order valence-corrected chi connectivity index (χ4v) is 1.49. The van der Waals surface area contributed by atoms with Crippen LogP contribution in [0, 0.1) is 0 Å². The van der Waals surface area contributed by atoms with Crippen molar-refractivity contribution < 1.29 is 9.90 Å². The number of para-hydroxylation sites is 1. The number of alkyl halides is 3. The molecule has 3 nitrogen and oxygen atoms in total. The number of benzene rings is 1. The molecule has 0 radical (unpaired) electrons. The monoisotopic (exact) mass is 253 g/mol. The zero-order valence-corrected chi connectivity index (χ0v) is 9.07. The van der Waals surface area contributed by atoms with E-state index in [9.17, 15) is 4.79 Å². The first kappa shape index (κ1) is 11.4. The molecule has 1 aromatic carbocycles. The average molecular weight is 254 g/mol. The molecular formula is C8H6Cl3NO2. The van der Waals surface area contributed by atoms with Crippen LogP contribution in [0.15, 0.2) is 18.2 Å². The normalized spacial score (nSPS) is 11.4. The molecule has 0 atom stereocenters. The topological polar surface area (TPSA) is 63.3 Å². The summed E-state index contributed by atoms with van der Waals surface area (Å²) in [4.78, 5) is 10.7. The lowest BCUT2D eigenvalue weighted by Crippen LogP contribution is -2.10. The minimum Gasteiger partial charge on any atom is -0.478 e. The van der Waals surface area contributed by atoms with E-state index < -0.39 is 9.76 Å². The summed E-state index contributed by atoms with van der Waals surface area (Å²) in [6.45, 7) is 0. The summed E-state index contributed by atoms with van der Waals surface area (Å²) >= 11 is 16.8. The van der Waals surface area contributed by atoms with Crippen LogP contribution >= 0.6 is 34.8 Å². The highest BCUT2D eigenvalue weighted by Crippen LogP contribution is 2.41. The second-order valence-electron chi connectivity index (χ2n) is 2.57. The summed E-state index contributed by atoms with van der Waals surface area (Å²) in [5.74, 6) is -1.15. The van der Waals surface area contributed by atoms with Gasteiger partial charge in [0.15, 0.2) is 0 Å². The maximum Gasteiger partial charge on any atom is 0.337 e. The van der Waals surface area contributed by atoms with Crippen molar-refractivity contribution in [3.8, 4) is 0 Å². The van der Waals surface area contributed by atoms with Gasteiger partial charge in [-0.3, -0.25) is 0 Å². The zero-order valence-electron chi connectivity index (χ0n) is 6.80. The lowest BCUT2D eigenvalue weighted by molar-refractivity contribution is 0.0698. The van der Waals surface area contributed by atoms with Gasteiger partial charge in [0.05, 0.1) is 11.3 Å². The van der Waals surface area contributed by atoms with Gasteiger partial charge in [-0.1, -0.05) is 46.9 Å². The molecule has 76 valence electrons. The third-order valence-electron chi connectivity index (χ3n) is 1.64. The first-order valence-electron chi connectivity index (χ1n) is 3.53. The Hall–Kier alpha value is -0.640. The number of carboxylic acid groups (broad SMARTS) is 1. The van der Waals surface area contributed by atoms with Gasteiger partial charge in [-0.05, 0) is 6.07 Å².